The highest BCUT2D eigenvalue weighted by Gasteiger charge is 2.47. The van der Waals surface area contributed by atoms with E-state index in [1.807, 2.05) is 48.5 Å². The first kappa shape index (κ1) is 25.5. The van der Waals surface area contributed by atoms with Crippen LogP contribution in [0.3, 0.4) is 0 Å². The number of aliphatic hydroxyl groups excluding tert-OH is 1. The number of hydrogen-bond acceptors (Lipinski definition) is 4. The lowest BCUT2D eigenvalue weighted by Gasteiger charge is -2.26. The molecular weight excluding hydrogens is 474 g/mol. The summed E-state index contributed by atoms with van der Waals surface area (Å²) in [5.41, 5.74) is 3.85. The Balaban J connectivity index is 1.88. The molecule has 3 aromatic carbocycles. The van der Waals surface area contributed by atoms with Crippen LogP contribution in [0.5, 0.6) is 5.75 Å². The van der Waals surface area contributed by atoms with E-state index in [0.717, 1.165) is 36.8 Å². The fourth-order valence-electron chi connectivity index (χ4n) is 4.51. The number of carbonyl (C=O) groups excluding carboxylic acids is 2. The van der Waals surface area contributed by atoms with Gasteiger partial charge in [-0.2, -0.15) is 0 Å². The lowest BCUT2D eigenvalue weighted by Crippen LogP contribution is -2.29. The second-order valence-electron chi connectivity index (χ2n) is 8.88. The Bertz CT molecular complexity index is 1300. The molecule has 1 heterocycles. The summed E-state index contributed by atoms with van der Waals surface area (Å²) in [6.45, 7) is 4.21. The minimum Gasteiger partial charge on any atom is -0.507 e. The normalized spacial score (nSPS) is 17.0. The SMILES string of the molecule is CCCCc1ccc(N2C(=O)C(=O)/C(=C(/O)c3cc(OC)ccc3Cl)C2c2ccc(CC)cc2)cc1. The number of ketones is 1. The molecule has 186 valence electrons. The van der Waals surface area contributed by atoms with Gasteiger partial charge in [0, 0.05) is 11.3 Å². The lowest BCUT2D eigenvalue weighted by atomic mass is 9.94. The van der Waals surface area contributed by atoms with Gasteiger partial charge in [0.1, 0.15) is 11.5 Å². The number of methoxy groups -OCH3 is 1. The summed E-state index contributed by atoms with van der Waals surface area (Å²) in [5.74, 6) is -1.31. The number of unbranched alkanes of at least 4 members (excludes halogenated alkanes) is 1. The van der Waals surface area contributed by atoms with Gasteiger partial charge in [0.05, 0.1) is 23.7 Å². The molecule has 1 aliphatic rings. The van der Waals surface area contributed by atoms with Gasteiger partial charge in [-0.25, -0.2) is 0 Å². The number of Topliss-reactive ketones (excluding diaryl/α,β-unsaturated/α-hetero) is 1. The number of carbonyl (C=O) groups is 2. The van der Waals surface area contributed by atoms with Crippen molar-refractivity contribution < 1.29 is 19.4 Å². The van der Waals surface area contributed by atoms with E-state index >= 15 is 0 Å². The Morgan fingerprint density at radius 3 is 2.25 bits per heavy atom. The molecule has 0 radical (unpaired) electrons. The zero-order valence-corrected chi connectivity index (χ0v) is 21.5. The molecule has 5 nitrogen and oxygen atoms in total. The summed E-state index contributed by atoms with van der Waals surface area (Å²) >= 11 is 6.40. The predicted octanol–water partition coefficient (Wildman–Crippen LogP) is 6.88. The van der Waals surface area contributed by atoms with Crippen molar-refractivity contribution in [1.82, 2.24) is 0 Å². The first-order valence-corrected chi connectivity index (χ1v) is 12.6. The lowest BCUT2D eigenvalue weighted by molar-refractivity contribution is -0.132. The Hall–Kier alpha value is -3.57. The molecule has 4 rings (SSSR count). The summed E-state index contributed by atoms with van der Waals surface area (Å²) in [5, 5.41) is 11.6. The fraction of sp³-hybridized carbons (Fsp3) is 0.267. The van der Waals surface area contributed by atoms with Crippen LogP contribution in [-0.2, 0) is 22.4 Å². The minimum atomic E-state index is -0.806. The number of halogens is 1. The molecule has 1 saturated heterocycles. The zero-order chi connectivity index (χ0) is 25.8. The molecule has 3 aromatic rings. The van der Waals surface area contributed by atoms with Gasteiger partial charge in [-0.15, -0.1) is 0 Å². The Morgan fingerprint density at radius 1 is 0.972 bits per heavy atom. The number of benzene rings is 3. The van der Waals surface area contributed by atoms with Gasteiger partial charge < -0.3 is 9.84 Å². The van der Waals surface area contributed by atoms with Gasteiger partial charge in [0.15, 0.2) is 0 Å². The highest BCUT2D eigenvalue weighted by Crippen LogP contribution is 2.43. The third kappa shape index (κ3) is 4.89. The summed E-state index contributed by atoms with van der Waals surface area (Å²) in [4.78, 5) is 28.3. The van der Waals surface area contributed by atoms with Crippen LogP contribution in [0.4, 0.5) is 5.69 Å². The minimum absolute atomic E-state index is 0.00513. The van der Waals surface area contributed by atoms with Crippen LogP contribution >= 0.6 is 11.6 Å². The number of aryl methyl sites for hydroxylation is 2. The largest absolute Gasteiger partial charge is 0.507 e. The topological polar surface area (TPSA) is 66.8 Å². The van der Waals surface area contributed by atoms with E-state index < -0.39 is 17.7 Å². The predicted molar refractivity (Wildman–Crippen MR) is 144 cm³/mol. The standard InChI is InChI=1S/C30H30ClNO4/c1-4-6-7-20-10-14-22(15-11-20)32-27(21-12-8-19(5-2)9-13-21)26(29(34)30(32)35)28(33)24-18-23(36-3)16-17-25(24)31/h8-18,27,33H,4-7H2,1-3H3/b28-26+. The summed E-state index contributed by atoms with van der Waals surface area (Å²) < 4.78 is 5.28. The van der Waals surface area contributed by atoms with Gasteiger partial charge in [-0.05, 0) is 66.3 Å². The summed E-state index contributed by atoms with van der Waals surface area (Å²) in [6, 6.07) is 19.5. The van der Waals surface area contributed by atoms with Crippen molar-refractivity contribution in [3.05, 3.63) is 99.6 Å². The van der Waals surface area contributed by atoms with Gasteiger partial charge in [-0.3, -0.25) is 14.5 Å². The Labute approximate surface area is 217 Å². The van der Waals surface area contributed by atoms with Gasteiger partial charge in [0.25, 0.3) is 11.7 Å². The van der Waals surface area contributed by atoms with Gasteiger partial charge >= 0.3 is 0 Å². The molecule has 0 saturated carbocycles. The van der Waals surface area contributed by atoms with Crippen LogP contribution in [0.15, 0.2) is 72.3 Å². The molecule has 1 aliphatic heterocycles. The molecule has 0 bridgehead atoms. The number of hydrogen-bond donors (Lipinski definition) is 1. The molecular formula is C30H30ClNO4. The van der Waals surface area contributed by atoms with Crippen molar-refractivity contribution in [3.63, 3.8) is 0 Å². The van der Waals surface area contributed by atoms with Crippen LogP contribution in [-0.4, -0.2) is 23.9 Å². The quantitative estimate of drug-likeness (QED) is 0.207. The second kappa shape index (κ2) is 11.0. The van der Waals surface area contributed by atoms with Crippen molar-refractivity contribution in [1.29, 1.82) is 0 Å². The van der Waals surface area contributed by atoms with Crippen LogP contribution in [0, 0.1) is 0 Å². The van der Waals surface area contributed by atoms with E-state index in [1.54, 1.807) is 18.2 Å². The van der Waals surface area contributed by atoms with Gasteiger partial charge in [0.2, 0.25) is 0 Å². The number of amides is 1. The molecule has 1 unspecified atom stereocenters. The smallest absolute Gasteiger partial charge is 0.300 e. The maximum Gasteiger partial charge on any atom is 0.300 e. The molecule has 1 fully saturated rings. The number of nitrogens with zero attached hydrogens (tertiary/aromatic N) is 1. The van der Waals surface area contributed by atoms with Crippen LogP contribution < -0.4 is 9.64 Å². The van der Waals surface area contributed by atoms with E-state index in [9.17, 15) is 14.7 Å². The average Bonchev–Trinajstić information content (AvgIpc) is 3.17. The first-order valence-electron chi connectivity index (χ1n) is 12.2. The fourth-order valence-corrected chi connectivity index (χ4v) is 4.72. The monoisotopic (exact) mass is 503 g/mol. The highest BCUT2D eigenvalue weighted by atomic mass is 35.5. The highest BCUT2D eigenvalue weighted by molar-refractivity contribution is 6.52. The maximum absolute atomic E-state index is 13.4. The van der Waals surface area contributed by atoms with E-state index in [0.29, 0.717) is 11.4 Å². The third-order valence-electron chi connectivity index (χ3n) is 6.61. The molecule has 0 aromatic heterocycles. The van der Waals surface area contributed by atoms with Crippen molar-refractivity contribution in [2.45, 2.75) is 45.6 Å². The molecule has 36 heavy (non-hydrogen) atoms. The van der Waals surface area contributed by atoms with E-state index in [-0.39, 0.29) is 21.9 Å². The summed E-state index contributed by atoms with van der Waals surface area (Å²) in [7, 11) is 1.51. The molecule has 0 aliphatic carbocycles. The molecule has 1 amide bonds. The van der Waals surface area contributed by atoms with Gasteiger partial charge in [-0.1, -0.05) is 68.3 Å². The number of rotatable bonds is 8. The van der Waals surface area contributed by atoms with E-state index in [2.05, 4.69) is 13.8 Å². The van der Waals surface area contributed by atoms with Crippen LogP contribution in [0.1, 0.15) is 55.0 Å². The van der Waals surface area contributed by atoms with Crippen molar-refractivity contribution in [2.24, 2.45) is 0 Å². The van der Waals surface area contributed by atoms with Crippen molar-refractivity contribution in [2.75, 3.05) is 12.0 Å². The molecule has 6 heteroatoms. The van der Waals surface area contributed by atoms with E-state index in [1.165, 1.54) is 17.6 Å². The number of ether oxygens (including phenoxy) is 1. The van der Waals surface area contributed by atoms with Crippen LogP contribution in [0.25, 0.3) is 5.76 Å². The molecule has 1 atom stereocenters. The Morgan fingerprint density at radius 2 is 1.64 bits per heavy atom. The maximum atomic E-state index is 13.4. The number of aliphatic hydroxyl groups is 1. The summed E-state index contributed by atoms with van der Waals surface area (Å²) in [6.07, 6.45) is 3.98. The molecule has 0 spiro atoms. The average molecular weight is 504 g/mol. The Kier molecular flexibility index (Phi) is 7.80. The van der Waals surface area contributed by atoms with E-state index in [4.69, 9.17) is 16.3 Å². The van der Waals surface area contributed by atoms with Crippen LogP contribution in [0.2, 0.25) is 5.02 Å². The zero-order valence-electron chi connectivity index (χ0n) is 20.8. The third-order valence-corrected chi connectivity index (χ3v) is 6.94. The van der Waals surface area contributed by atoms with Crippen molar-refractivity contribution >= 4 is 34.7 Å². The number of anilines is 1. The molecule has 1 N–H and O–H groups in total. The second-order valence-corrected chi connectivity index (χ2v) is 9.29. The van der Waals surface area contributed by atoms with Crippen molar-refractivity contribution in [3.8, 4) is 5.75 Å². The first-order chi connectivity index (χ1) is 17.4.